The lowest BCUT2D eigenvalue weighted by atomic mass is 9.86. The Labute approximate surface area is 150 Å². The Bertz CT molecular complexity index is 491. The Hall–Kier alpha value is -1.20. The molecule has 0 atom stereocenters. The summed E-state index contributed by atoms with van der Waals surface area (Å²) in [5, 5.41) is 6.61. The Morgan fingerprint density at radius 3 is 2.46 bits per heavy atom. The van der Waals surface area contributed by atoms with E-state index in [1.165, 1.54) is 12.8 Å². The molecular formula is C19H30N2O2S. The SMILES string of the molecule is CCC(CC)(CNC1CC(NC(=O)OCc2ccccc2)C1)SC. The van der Waals surface area contributed by atoms with Gasteiger partial charge in [0, 0.05) is 23.4 Å². The highest BCUT2D eigenvalue weighted by Gasteiger charge is 2.33. The van der Waals surface area contributed by atoms with E-state index in [4.69, 9.17) is 4.74 Å². The molecule has 1 aromatic carbocycles. The summed E-state index contributed by atoms with van der Waals surface area (Å²) in [5.74, 6) is 0. The molecule has 0 radical (unpaired) electrons. The van der Waals surface area contributed by atoms with Crippen molar-refractivity contribution < 1.29 is 9.53 Å². The third kappa shape index (κ3) is 5.42. The van der Waals surface area contributed by atoms with Crippen molar-refractivity contribution in [2.45, 2.75) is 63.0 Å². The van der Waals surface area contributed by atoms with Crippen LogP contribution >= 0.6 is 11.8 Å². The Balaban J connectivity index is 1.61. The lowest BCUT2D eigenvalue weighted by Gasteiger charge is -2.39. The molecule has 0 aromatic heterocycles. The summed E-state index contributed by atoms with van der Waals surface area (Å²) in [7, 11) is 0. The molecule has 2 N–H and O–H groups in total. The number of carbonyl (C=O) groups excluding carboxylic acids is 1. The molecule has 1 aliphatic rings. The van der Waals surface area contributed by atoms with Gasteiger partial charge >= 0.3 is 6.09 Å². The minimum Gasteiger partial charge on any atom is -0.445 e. The van der Waals surface area contributed by atoms with Gasteiger partial charge < -0.3 is 15.4 Å². The molecule has 0 heterocycles. The smallest absolute Gasteiger partial charge is 0.407 e. The Morgan fingerprint density at radius 2 is 1.88 bits per heavy atom. The van der Waals surface area contributed by atoms with Crippen LogP contribution in [0, 0.1) is 0 Å². The molecule has 0 bridgehead atoms. The molecule has 0 aliphatic heterocycles. The third-order valence-corrected chi connectivity index (χ3v) is 6.70. The third-order valence-electron chi connectivity index (χ3n) is 5.11. The van der Waals surface area contributed by atoms with Gasteiger partial charge in [-0.3, -0.25) is 0 Å². The number of benzene rings is 1. The van der Waals surface area contributed by atoms with Crippen LogP contribution in [0.1, 0.15) is 45.1 Å². The first-order valence-electron chi connectivity index (χ1n) is 8.86. The second kappa shape index (κ2) is 9.33. The molecule has 1 saturated carbocycles. The Kier molecular flexibility index (Phi) is 7.43. The lowest BCUT2D eigenvalue weighted by molar-refractivity contribution is 0.125. The van der Waals surface area contributed by atoms with Gasteiger partial charge in [-0.1, -0.05) is 44.2 Å². The van der Waals surface area contributed by atoms with Crippen molar-refractivity contribution >= 4 is 17.9 Å². The van der Waals surface area contributed by atoms with Gasteiger partial charge in [-0.2, -0.15) is 11.8 Å². The number of amides is 1. The summed E-state index contributed by atoms with van der Waals surface area (Å²) in [4.78, 5) is 11.8. The number of carbonyl (C=O) groups is 1. The number of nitrogens with one attached hydrogen (secondary N) is 2. The molecule has 134 valence electrons. The van der Waals surface area contributed by atoms with E-state index < -0.39 is 0 Å². The first-order chi connectivity index (χ1) is 11.6. The molecule has 2 rings (SSSR count). The van der Waals surface area contributed by atoms with Gasteiger partial charge in [0.25, 0.3) is 0 Å². The van der Waals surface area contributed by atoms with Crippen molar-refractivity contribution in [3.8, 4) is 0 Å². The topological polar surface area (TPSA) is 50.4 Å². The largest absolute Gasteiger partial charge is 0.445 e. The van der Waals surface area contributed by atoms with E-state index in [0.29, 0.717) is 17.4 Å². The second-order valence-corrected chi connectivity index (χ2v) is 7.82. The van der Waals surface area contributed by atoms with Gasteiger partial charge in [0.05, 0.1) is 0 Å². The molecule has 0 spiro atoms. The molecule has 4 nitrogen and oxygen atoms in total. The van der Waals surface area contributed by atoms with E-state index in [9.17, 15) is 4.79 Å². The fourth-order valence-electron chi connectivity index (χ4n) is 3.03. The number of alkyl carbamates (subject to hydrolysis) is 1. The molecule has 1 aliphatic carbocycles. The highest BCUT2D eigenvalue weighted by molar-refractivity contribution is 8.00. The molecule has 0 saturated heterocycles. The maximum Gasteiger partial charge on any atom is 0.407 e. The zero-order chi connectivity index (χ0) is 17.4. The highest BCUT2D eigenvalue weighted by Crippen LogP contribution is 2.30. The standard InChI is InChI=1S/C19H30N2O2S/c1-4-19(5-2,24-3)14-20-16-11-17(12-16)21-18(22)23-13-15-9-7-6-8-10-15/h6-10,16-17,20H,4-5,11-14H2,1-3H3,(H,21,22). The van der Waals surface area contributed by atoms with Crippen molar-refractivity contribution in [3.63, 3.8) is 0 Å². The van der Waals surface area contributed by atoms with Gasteiger partial charge in [0.15, 0.2) is 0 Å². The predicted molar refractivity (Wildman–Crippen MR) is 101 cm³/mol. The number of ether oxygens (including phenoxy) is 1. The summed E-state index contributed by atoms with van der Waals surface area (Å²) in [6, 6.07) is 10.5. The summed E-state index contributed by atoms with van der Waals surface area (Å²) in [5.41, 5.74) is 1.01. The van der Waals surface area contributed by atoms with Crippen LogP contribution in [0.3, 0.4) is 0 Å². The quantitative estimate of drug-likeness (QED) is 0.708. The molecule has 1 aromatic rings. The number of rotatable bonds is 9. The second-order valence-electron chi connectivity index (χ2n) is 6.55. The fourth-order valence-corrected chi connectivity index (χ4v) is 3.83. The molecule has 1 fully saturated rings. The van der Waals surface area contributed by atoms with Gasteiger partial charge in [0.2, 0.25) is 0 Å². The zero-order valence-electron chi connectivity index (χ0n) is 15.0. The van der Waals surface area contributed by atoms with Crippen LogP contribution in [0.15, 0.2) is 30.3 Å². The normalized spacial score (nSPS) is 20.3. The van der Waals surface area contributed by atoms with Gasteiger partial charge in [0.1, 0.15) is 6.61 Å². The van der Waals surface area contributed by atoms with E-state index in [-0.39, 0.29) is 12.1 Å². The monoisotopic (exact) mass is 350 g/mol. The van der Waals surface area contributed by atoms with Crippen LogP contribution in [0.2, 0.25) is 0 Å². The highest BCUT2D eigenvalue weighted by atomic mass is 32.2. The van der Waals surface area contributed by atoms with Gasteiger partial charge in [-0.05, 0) is 37.5 Å². The minimum absolute atomic E-state index is 0.234. The maximum atomic E-state index is 11.8. The van der Waals surface area contributed by atoms with Gasteiger partial charge in [-0.15, -0.1) is 0 Å². The average Bonchev–Trinajstić information content (AvgIpc) is 2.59. The molecule has 1 amide bonds. The van der Waals surface area contributed by atoms with Crippen LogP contribution in [0.25, 0.3) is 0 Å². The zero-order valence-corrected chi connectivity index (χ0v) is 15.8. The Morgan fingerprint density at radius 1 is 1.21 bits per heavy atom. The summed E-state index contributed by atoms with van der Waals surface area (Å²) < 4.78 is 5.60. The van der Waals surface area contributed by atoms with Crippen molar-refractivity contribution in [1.82, 2.24) is 10.6 Å². The summed E-state index contributed by atoms with van der Waals surface area (Å²) in [6.45, 7) is 5.88. The van der Waals surface area contributed by atoms with E-state index in [0.717, 1.165) is 24.9 Å². The van der Waals surface area contributed by atoms with Crippen LogP contribution in [0.5, 0.6) is 0 Å². The van der Waals surface area contributed by atoms with Crippen molar-refractivity contribution in [3.05, 3.63) is 35.9 Å². The number of hydrogen-bond acceptors (Lipinski definition) is 4. The van der Waals surface area contributed by atoms with E-state index in [2.05, 4.69) is 30.7 Å². The van der Waals surface area contributed by atoms with Crippen LogP contribution in [-0.4, -0.2) is 35.7 Å². The maximum absolute atomic E-state index is 11.8. The van der Waals surface area contributed by atoms with E-state index >= 15 is 0 Å². The van der Waals surface area contributed by atoms with Crippen molar-refractivity contribution in [1.29, 1.82) is 0 Å². The predicted octanol–water partition coefficient (Wildman–Crippen LogP) is 3.96. The number of thioether (sulfide) groups is 1. The van der Waals surface area contributed by atoms with Crippen LogP contribution in [-0.2, 0) is 11.3 Å². The average molecular weight is 351 g/mol. The first-order valence-corrected chi connectivity index (χ1v) is 10.1. The van der Waals surface area contributed by atoms with Crippen LogP contribution < -0.4 is 10.6 Å². The van der Waals surface area contributed by atoms with Crippen molar-refractivity contribution in [2.75, 3.05) is 12.8 Å². The van der Waals surface area contributed by atoms with Gasteiger partial charge in [-0.25, -0.2) is 4.79 Å². The first kappa shape index (κ1) is 19.1. The molecule has 0 unspecified atom stereocenters. The summed E-state index contributed by atoms with van der Waals surface area (Å²) in [6.07, 6.45) is 6.21. The fraction of sp³-hybridized carbons (Fsp3) is 0.632. The lowest BCUT2D eigenvalue weighted by Crippen LogP contribution is -2.54. The van der Waals surface area contributed by atoms with E-state index in [1.807, 2.05) is 42.1 Å². The van der Waals surface area contributed by atoms with Crippen LogP contribution in [0.4, 0.5) is 4.79 Å². The minimum atomic E-state index is -0.317. The molecule has 5 heteroatoms. The molecule has 24 heavy (non-hydrogen) atoms. The van der Waals surface area contributed by atoms with E-state index in [1.54, 1.807) is 0 Å². The summed E-state index contributed by atoms with van der Waals surface area (Å²) >= 11 is 1.96. The van der Waals surface area contributed by atoms with Crippen molar-refractivity contribution in [2.24, 2.45) is 0 Å². The number of hydrogen-bond donors (Lipinski definition) is 2. The molecular weight excluding hydrogens is 320 g/mol.